The van der Waals surface area contributed by atoms with E-state index in [0.29, 0.717) is 29.5 Å². The minimum atomic E-state index is -0.959. The van der Waals surface area contributed by atoms with Gasteiger partial charge in [0.05, 0.1) is 12.6 Å². The Kier molecular flexibility index (Phi) is 7.67. The molecule has 0 bridgehead atoms. The number of hydrogen-bond donors (Lipinski definition) is 3. The summed E-state index contributed by atoms with van der Waals surface area (Å²) in [6.07, 6.45) is 1.74. The predicted molar refractivity (Wildman–Crippen MR) is 117 cm³/mol. The third-order valence-corrected chi connectivity index (χ3v) is 4.87. The summed E-state index contributed by atoms with van der Waals surface area (Å²) in [4.78, 5) is 24.2. The highest BCUT2D eigenvalue weighted by Gasteiger charge is 2.24. The number of hydrogen-bond acceptors (Lipinski definition) is 5. The number of furan rings is 1. The Labute approximate surface area is 182 Å². The molecule has 1 aromatic carbocycles. The number of Topliss-reactive ketones (excluding diaryl/α,β-unsaturated/α-hetero) is 1. The SMILES string of the molecule is CCC(=O)[C@@H](NC(=O)c1ccc(C#CC#Cc2ccc(CNC3CC3)o2)cc1)[C@H](C)O. The van der Waals surface area contributed by atoms with Crippen molar-refractivity contribution >= 4 is 11.7 Å². The van der Waals surface area contributed by atoms with Crippen LogP contribution in [0.4, 0.5) is 0 Å². The van der Waals surface area contributed by atoms with Crippen LogP contribution in [-0.2, 0) is 11.3 Å². The first-order chi connectivity index (χ1) is 15.0. The number of ketones is 1. The lowest BCUT2D eigenvalue weighted by atomic mass is 10.0. The van der Waals surface area contributed by atoms with Gasteiger partial charge in [0.2, 0.25) is 0 Å². The average Bonchev–Trinajstić information content (AvgIpc) is 3.50. The summed E-state index contributed by atoms with van der Waals surface area (Å²) in [6, 6.07) is 10.1. The number of carbonyl (C=O) groups excluding carboxylic acids is 2. The zero-order chi connectivity index (χ0) is 22.2. The quantitative estimate of drug-likeness (QED) is 0.573. The van der Waals surface area contributed by atoms with E-state index >= 15 is 0 Å². The van der Waals surface area contributed by atoms with E-state index < -0.39 is 18.1 Å². The van der Waals surface area contributed by atoms with Crippen LogP contribution in [0.2, 0.25) is 0 Å². The van der Waals surface area contributed by atoms with Gasteiger partial charge in [-0.1, -0.05) is 12.8 Å². The molecule has 1 fully saturated rings. The molecule has 3 N–H and O–H groups in total. The molecule has 2 atom stereocenters. The standard InChI is InChI=1S/C25H26N2O4/c1-3-23(29)24(17(2)28)27-25(30)19-10-8-18(9-11-19)6-4-5-7-21-14-15-22(31-21)16-26-20-12-13-20/h8-11,14-15,17,20,24,26,28H,3,12-13,16H2,1-2H3,(H,27,30)/t17-,24-/m0/s1. The Hall–Kier alpha value is -3.32. The van der Waals surface area contributed by atoms with Gasteiger partial charge in [-0.2, -0.15) is 0 Å². The van der Waals surface area contributed by atoms with Gasteiger partial charge in [0.25, 0.3) is 5.91 Å². The van der Waals surface area contributed by atoms with Crippen LogP contribution in [0.3, 0.4) is 0 Å². The Bertz CT molecular complexity index is 1040. The normalized spacial score (nSPS) is 14.4. The molecule has 1 amide bonds. The van der Waals surface area contributed by atoms with Gasteiger partial charge in [-0.3, -0.25) is 9.59 Å². The van der Waals surface area contributed by atoms with Gasteiger partial charge >= 0.3 is 0 Å². The largest absolute Gasteiger partial charge is 0.451 e. The van der Waals surface area contributed by atoms with Crippen molar-refractivity contribution in [3.05, 3.63) is 59.0 Å². The van der Waals surface area contributed by atoms with Gasteiger partial charge < -0.3 is 20.2 Å². The molecule has 0 spiro atoms. The molecule has 0 aliphatic heterocycles. The van der Waals surface area contributed by atoms with Crippen LogP contribution in [0.25, 0.3) is 0 Å². The van der Waals surface area contributed by atoms with Crippen molar-refractivity contribution in [3.8, 4) is 23.7 Å². The highest BCUT2D eigenvalue weighted by atomic mass is 16.3. The molecule has 1 aromatic heterocycles. The van der Waals surface area contributed by atoms with Crippen molar-refractivity contribution in [2.75, 3.05) is 0 Å². The number of aliphatic hydroxyl groups excluding tert-OH is 1. The fourth-order valence-corrected chi connectivity index (χ4v) is 2.89. The second-order valence-corrected chi connectivity index (χ2v) is 7.51. The highest BCUT2D eigenvalue weighted by Crippen LogP contribution is 2.19. The minimum absolute atomic E-state index is 0.215. The fourth-order valence-electron chi connectivity index (χ4n) is 2.89. The van der Waals surface area contributed by atoms with Gasteiger partial charge in [0, 0.05) is 23.6 Å². The van der Waals surface area contributed by atoms with Crippen molar-refractivity contribution in [1.82, 2.24) is 10.6 Å². The van der Waals surface area contributed by atoms with Gasteiger partial charge in [0.1, 0.15) is 11.8 Å². The topological polar surface area (TPSA) is 91.6 Å². The summed E-state index contributed by atoms with van der Waals surface area (Å²) in [6.45, 7) is 3.88. The first kappa shape index (κ1) is 22.4. The van der Waals surface area contributed by atoms with Crippen LogP contribution in [0.15, 0.2) is 40.8 Å². The number of benzene rings is 1. The zero-order valence-electron chi connectivity index (χ0n) is 17.7. The van der Waals surface area contributed by atoms with Crippen LogP contribution < -0.4 is 10.6 Å². The second kappa shape index (κ2) is 10.6. The lowest BCUT2D eigenvalue weighted by molar-refractivity contribution is -0.122. The van der Waals surface area contributed by atoms with Crippen molar-refractivity contribution in [2.45, 2.75) is 57.8 Å². The number of amides is 1. The van der Waals surface area contributed by atoms with Gasteiger partial charge in [-0.15, -0.1) is 0 Å². The third-order valence-electron chi connectivity index (χ3n) is 4.87. The van der Waals surface area contributed by atoms with E-state index in [2.05, 4.69) is 34.3 Å². The molecular formula is C25H26N2O4. The lowest BCUT2D eigenvalue weighted by Crippen LogP contribution is -2.47. The molecule has 6 nitrogen and oxygen atoms in total. The fraction of sp³-hybridized carbons (Fsp3) is 0.360. The van der Waals surface area contributed by atoms with E-state index in [-0.39, 0.29) is 12.2 Å². The summed E-state index contributed by atoms with van der Waals surface area (Å²) in [7, 11) is 0. The molecular weight excluding hydrogens is 392 g/mol. The Morgan fingerprint density at radius 2 is 1.84 bits per heavy atom. The Morgan fingerprint density at radius 3 is 2.48 bits per heavy atom. The van der Waals surface area contributed by atoms with E-state index in [0.717, 1.165) is 5.76 Å². The predicted octanol–water partition coefficient (Wildman–Crippen LogP) is 2.39. The van der Waals surface area contributed by atoms with Crippen LogP contribution in [-0.4, -0.2) is 35.0 Å². The monoisotopic (exact) mass is 418 g/mol. The highest BCUT2D eigenvalue weighted by molar-refractivity contribution is 5.98. The number of aliphatic hydroxyl groups is 1. The molecule has 1 aliphatic rings. The zero-order valence-corrected chi connectivity index (χ0v) is 17.7. The number of nitrogens with one attached hydrogen (secondary N) is 2. The summed E-state index contributed by atoms with van der Waals surface area (Å²) in [5.74, 6) is 12.1. The summed E-state index contributed by atoms with van der Waals surface area (Å²) >= 11 is 0. The van der Waals surface area contributed by atoms with Crippen LogP contribution >= 0.6 is 0 Å². The molecule has 6 heteroatoms. The molecule has 0 radical (unpaired) electrons. The third kappa shape index (κ3) is 6.86. The minimum Gasteiger partial charge on any atom is -0.451 e. The molecule has 31 heavy (non-hydrogen) atoms. The van der Waals surface area contributed by atoms with Crippen molar-refractivity contribution in [1.29, 1.82) is 0 Å². The Balaban J connectivity index is 1.55. The average molecular weight is 418 g/mol. The molecule has 1 saturated carbocycles. The molecule has 0 saturated heterocycles. The lowest BCUT2D eigenvalue weighted by Gasteiger charge is -2.19. The summed E-state index contributed by atoms with van der Waals surface area (Å²) in [5, 5.41) is 15.7. The number of carbonyl (C=O) groups is 2. The van der Waals surface area contributed by atoms with Crippen molar-refractivity contribution in [2.24, 2.45) is 0 Å². The molecule has 3 rings (SSSR count). The maximum atomic E-state index is 12.3. The number of rotatable bonds is 8. The van der Waals surface area contributed by atoms with Crippen molar-refractivity contribution < 1.29 is 19.1 Å². The molecule has 1 heterocycles. The molecule has 0 unspecified atom stereocenters. The smallest absolute Gasteiger partial charge is 0.251 e. The Morgan fingerprint density at radius 1 is 1.13 bits per heavy atom. The molecule has 1 aliphatic carbocycles. The van der Waals surface area contributed by atoms with E-state index in [4.69, 9.17) is 4.42 Å². The van der Waals surface area contributed by atoms with E-state index in [1.165, 1.54) is 19.8 Å². The maximum absolute atomic E-state index is 12.3. The van der Waals surface area contributed by atoms with E-state index in [1.807, 2.05) is 12.1 Å². The van der Waals surface area contributed by atoms with Crippen LogP contribution in [0, 0.1) is 23.7 Å². The maximum Gasteiger partial charge on any atom is 0.251 e. The van der Waals surface area contributed by atoms with Crippen LogP contribution in [0.5, 0.6) is 0 Å². The van der Waals surface area contributed by atoms with Gasteiger partial charge in [-0.05, 0) is 73.9 Å². The molecule has 160 valence electrons. The van der Waals surface area contributed by atoms with E-state index in [9.17, 15) is 14.7 Å². The summed E-state index contributed by atoms with van der Waals surface area (Å²) < 4.78 is 5.64. The second-order valence-electron chi connectivity index (χ2n) is 7.51. The summed E-state index contributed by atoms with van der Waals surface area (Å²) in [5.41, 5.74) is 1.09. The van der Waals surface area contributed by atoms with Gasteiger partial charge in [-0.25, -0.2) is 0 Å². The first-order valence-corrected chi connectivity index (χ1v) is 10.4. The van der Waals surface area contributed by atoms with E-state index in [1.54, 1.807) is 31.2 Å². The van der Waals surface area contributed by atoms with Gasteiger partial charge in [0.15, 0.2) is 11.5 Å². The first-order valence-electron chi connectivity index (χ1n) is 10.4. The van der Waals surface area contributed by atoms with Crippen LogP contribution in [0.1, 0.15) is 60.6 Å². The molecule has 2 aromatic rings. The van der Waals surface area contributed by atoms with Crippen molar-refractivity contribution in [3.63, 3.8) is 0 Å².